The molecule has 6 nitrogen and oxygen atoms in total. The molecule has 3 heterocycles. The summed E-state index contributed by atoms with van der Waals surface area (Å²) in [7, 11) is 0. The second kappa shape index (κ2) is 7.84. The smallest absolute Gasteiger partial charge is 0.198 e. The topological polar surface area (TPSA) is 80.9 Å². The first-order chi connectivity index (χ1) is 13.1. The van der Waals surface area contributed by atoms with Gasteiger partial charge in [0.05, 0.1) is 12.3 Å². The number of thioether (sulfide) groups is 2. The van der Waals surface area contributed by atoms with Gasteiger partial charge < -0.3 is 5.11 Å². The summed E-state index contributed by atoms with van der Waals surface area (Å²) in [5.41, 5.74) is 3.19. The van der Waals surface area contributed by atoms with Gasteiger partial charge in [0, 0.05) is 29.2 Å². The normalized spacial score (nSPS) is 14.4. The van der Waals surface area contributed by atoms with E-state index in [9.17, 15) is 4.79 Å². The molecule has 0 spiro atoms. The van der Waals surface area contributed by atoms with Crippen LogP contribution in [-0.4, -0.2) is 42.6 Å². The monoisotopic (exact) mass is 398 g/mol. The number of carbonyl (C=O) groups excluding carboxylic acids is 1. The Labute approximate surface area is 165 Å². The first-order valence-corrected chi connectivity index (χ1v) is 10.4. The van der Waals surface area contributed by atoms with Gasteiger partial charge in [-0.15, -0.1) is 22.0 Å². The van der Waals surface area contributed by atoms with Crippen LogP contribution in [0.4, 0.5) is 0 Å². The average molecular weight is 399 g/mol. The van der Waals surface area contributed by atoms with E-state index >= 15 is 0 Å². The van der Waals surface area contributed by atoms with Crippen LogP contribution >= 0.6 is 23.5 Å². The van der Waals surface area contributed by atoms with Crippen molar-refractivity contribution in [3.05, 3.63) is 59.4 Å². The van der Waals surface area contributed by atoms with Crippen LogP contribution in [0, 0.1) is 0 Å². The lowest BCUT2D eigenvalue weighted by Gasteiger charge is -2.10. The number of aliphatic hydroxyl groups is 1. The van der Waals surface area contributed by atoms with E-state index in [1.165, 1.54) is 23.5 Å². The fourth-order valence-corrected chi connectivity index (χ4v) is 4.43. The molecular formula is C19H18N4O2S2. The molecule has 3 aromatic rings. The van der Waals surface area contributed by atoms with Gasteiger partial charge in [-0.3, -0.25) is 4.79 Å². The van der Waals surface area contributed by atoms with Crippen molar-refractivity contribution in [2.45, 2.75) is 29.2 Å². The SMILES string of the molecule is CC(c1ccc2c(c1)SC(=O)C2)c1ccn(-c2ccc(SCCO)nn2)n1. The van der Waals surface area contributed by atoms with Crippen molar-refractivity contribution < 1.29 is 9.90 Å². The standard InChI is InChI=1S/C19H18N4O2S2/c1-12(13-2-3-14-11-19(25)27-16(14)10-13)15-6-7-23(22-15)17-4-5-18(21-20-17)26-9-8-24/h2-7,10,12,24H,8-9,11H2,1H3. The minimum atomic E-state index is 0.111. The first kappa shape index (κ1) is 18.2. The summed E-state index contributed by atoms with van der Waals surface area (Å²) in [4.78, 5) is 12.7. The molecule has 4 rings (SSSR count). The molecule has 138 valence electrons. The molecule has 0 aliphatic carbocycles. The summed E-state index contributed by atoms with van der Waals surface area (Å²) in [6.45, 7) is 2.22. The summed E-state index contributed by atoms with van der Waals surface area (Å²) in [5.74, 6) is 1.36. The number of hydrogen-bond donors (Lipinski definition) is 1. The van der Waals surface area contributed by atoms with Crippen molar-refractivity contribution >= 4 is 28.6 Å². The van der Waals surface area contributed by atoms with Gasteiger partial charge in [-0.25, -0.2) is 4.68 Å². The zero-order valence-corrected chi connectivity index (χ0v) is 16.3. The van der Waals surface area contributed by atoms with Gasteiger partial charge in [-0.05, 0) is 35.4 Å². The van der Waals surface area contributed by atoms with Crippen LogP contribution < -0.4 is 0 Å². The highest BCUT2D eigenvalue weighted by Gasteiger charge is 2.21. The molecule has 1 unspecified atom stereocenters. The third kappa shape index (κ3) is 3.92. The Bertz CT molecular complexity index is 972. The van der Waals surface area contributed by atoms with Crippen LogP contribution in [0.5, 0.6) is 0 Å². The van der Waals surface area contributed by atoms with Gasteiger partial charge in [-0.1, -0.05) is 30.8 Å². The number of hydrogen-bond acceptors (Lipinski definition) is 7. The molecule has 0 bridgehead atoms. The van der Waals surface area contributed by atoms with Crippen molar-refractivity contribution in [1.29, 1.82) is 0 Å². The number of nitrogens with zero attached hydrogens (tertiary/aromatic N) is 4. The number of aliphatic hydroxyl groups excluding tert-OH is 1. The molecule has 1 N–H and O–H groups in total. The second-order valence-corrected chi connectivity index (χ2v) is 8.44. The quantitative estimate of drug-likeness (QED) is 0.639. The maximum Gasteiger partial charge on any atom is 0.198 e. The van der Waals surface area contributed by atoms with Crippen molar-refractivity contribution in [2.24, 2.45) is 0 Å². The zero-order valence-electron chi connectivity index (χ0n) is 14.7. The molecule has 0 amide bonds. The fraction of sp³-hybridized carbons (Fsp3) is 0.263. The molecule has 1 aromatic carbocycles. The molecule has 0 fully saturated rings. The van der Waals surface area contributed by atoms with Gasteiger partial charge in [0.2, 0.25) is 0 Å². The van der Waals surface area contributed by atoms with E-state index in [0.29, 0.717) is 18.0 Å². The Kier molecular flexibility index (Phi) is 5.29. The fourth-order valence-electron chi connectivity index (χ4n) is 2.93. The lowest BCUT2D eigenvalue weighted by Crippen LogP contribution is -2.03. The van der Waals surface area contributed by atoms with E-state index in [-0.39, 0.29) is 17.6 Å². The van der Waals surface area contributed by atoms with Crippen molar-refractivity contribution in [3.8, 4) is 5.82 Å². The lowest BCUT2D eigenvalue weighted by atomic mass is 9.96. The maximum atomic E-state index is 11.6. The molecule has 0 saturated heterocycles. The third-order valence-electron chi connectivity index (χ3n) is 4.41. The van der Waals surface area contributed by atoms with Crippen molar-refractivity contribution in [2.75, 3.05) is 12.4 Å². The van der Waals surface area contributed by atoms with E-state index in [4.69, 9.17) is 5.11 Å². The van der Waals surface area contributed by atoms with Crippen LogP contribution in [0.3, 0.4) is 0 Å². The van der Waals surface area contributed by atoms with Crippen molar-refractivity contribution in [3.63, 3.8) is 0 Å². The maximum absolute atomic E-state index is 11.6. The summed E-state index contributed by atoms with van der Waals surface area (Å²) in [6.07, 6.45) is 2.40. The predicted molar refractivity (Wildman–Crippen MR) is 105 cm³/mol. The number of aromatic nitrogens is 4. The van der Waals surface area contributed by atoms with Crippen LogP contribution in [0.15, 0.2) is 52.5 Å². The van der Waals surface area contributed by atoms with Gasteiger partial charge in [0.1, 0.15) is 5.03 Å². The third-order valence-corrected chi connectivity index (χ3v) is 6.28. The summed E-state index contributed by atoms with van der Waals surface area (Å²) in [6, 6.07) is 11.9. The molecule has 1 atom stereocenters. The molecular weight excluding hydrogens is 380 g/mol. The Balaban J connectivity index is 1.52. The molecule has 0 radical (unpaired) electrons. The Morgan fingerprint density at radius 3 is 2.93 bits per heavy atom. The number of benzene rings is 1. The number of fused-ring (bicyclic) bond motifs is 1. The first-order valence-electron chi connectivity index (χ1n) is 8.61. The minimum Gasteiger partial charge on any atom is -0.396 e. The zero-order chi connectivity index (χ0) is 18.8. The molecule has 1 aliphatic heterocycles. The lowest BCUT2D eigenvalue weighted by molar-refractivity contribution is -0.110. The van der Waals surface area contributed by atoms with Crippen LogP contribution in [0.25, 0.3) is 5.82 Å². The van der Waals surface area contributed by atoms with E-state index in [0.717, 1.165) is 26.7 Å². The Morgan fingerprint density at radius 2 is 2.15 bits per heavy atom. The molecule has 2 aromatic heterocycles. The largest absolute Gasteiger partial charge is 0.396 e. The molecule has 27 heavy (non-hydrogen) atoms. The van der Waals surface area contributed by atoms with Gasteiger partial charge >= 0.3 is 0 Å². The van der Waals surface area contributed by atoms with Crippen LogP contribution in [0.1, 0.15) is 29.7 Å². The predicted octanol–water partition coefficient (Wildman–Crippen LogP) is 3.07. The minimum absolute atomic E-state index is 0.111. The highest BCUT2D eigenvalue weighted by atomic mass is 32.2. The van der Waals surface area contributed by atoms with Crippen LogP contribution in [0.2, 0.25) is 0 Å². The van der Waals surface area contributed by atoms with E-state index in [2.05, 4.69) is 34.4 Å². The van der Waals surface area contributed by atoms with Gasteiger partial charge in [0.25, 0.3) is 0 Å². The molecule has 0 saturated carbocycles. The van der Waals surface area contributed by atoms with E-state index < -0.39 is 0 Å². The summed E-state index contributed by atoms with van der Waals surface area (Å²) >= 11 is 2.79. The van der Waals surface area contributed by atoms with Gasteiger partial charge in [-0.2, -0.15) is 5.10 Å². The van der Waals surface area contributed by atoms with E-state index in [1.807, 2.05) is 30.5 Å². The second-order valence-electron chi connectivity index (χ2n) is 6.23. The van der Waals surface area contributed by atoms with Crippen LogP contribution in [-0.2, 0) is 11.2 Å². The highest BCUT2D eigenvalue weighted by Crippen LogP contribution is 2.35. The molecule has 1 aliphatic rings. The Morgan fingerprint density at radius 1 is 1.26 bits per heavy atom. The van der Waals surface area contributed by atoms with Crippen molar-refractivity contribution in [1.82, 2.24) is 20.0 Å². The average Bonchev–Trinajstić information content (AvgIpc) is 3.31. The Hall–Kier alpha value is -2.16. The number of rotatable bonds is 6. The van der Waals surface area contributed by atoms with E-state index in [1.54, 1.807) is 4.68 Å². The summed E-state index contributed by atoms with van der Waals surface area (Å²) in [5, 5.41) is 22.9. The van der Waals surface area contributed by atoms with Gasteiger partial charge in [0.15, 0.2) is 10.9 Å². The highest BCUT2D eigenvalue weighted by molar-refractivity contribution is 8.14. The number of carbonyl (C=O) groups is 1. The summed E-state index contributed by atoms with van der Waals surface area (Å²) < 4.78 is 1.71. The molecule has 8 heteroatoms.